The molecule has 0 bridgehead atoms. The summed E-state index contributed by atoms with van der Waals surface area (Å²) in [5.41, 5.74) is 2.11. The first-order chi connectivity index (χ1) is 15.5. The number of para-hydroxylation sites is 1. The zero-order valence-electron chi connectivity index (χ0n) is 16.8. The fraction of sp³-hybridized carbons (Fsp3) is 0.0833. The van der Waals surface area contributed by atoms with Gasteiger partial charge in [0.05, 0.1) is 11.6 Å². The highest BCUT2D eigenvalue weighted by Crippen LogP contribution is 2.25. The minimum Gasteiger partial charge on any atom is -0.487 e. The molecule has 0 spiro atoms. The van der Waals surface area contributed by atoms with Crippen molar-refractivity contribution in [2.24, 2.45) is 0 Å². The number of rotatable bonds is 7. The largest absolute Gasteiger partial charge is 0.487 e. The van der Waals surface area contributed by atoms with Gasteiger partial charge in [-0.3, -0.25) is 9.48 Å². The lowest BCUT2D eigenvalue weighted by Gasteiger charge is -2.09. The van der Waals surface area contributed by atoms with Gasteiger partial charge in [-0.25, -0.2) is 4.39 Å². The Morgan fingerprint density at radius 2 is 1.75 bits per heavy atom. The van der Waals surface area contributed by atoms with Gasteiger partial charge >= 0.3 is 0 Å². The number of halogens is 3. The maximum atomic E-state index is 13.1. The fourth-order valence-electron chi connectivity index (χ4n) is 3.04. The minimum absolute atomic E-state index is 0.247. The Morgan fingerprint density at radius 3 is 2.53 bits per heavy atom. The molecule has 1 amide bonds. The van der Waals surface area contributed by atoms with E-state index in [2.05, 4.69) is 10.4 Å². The molecule has 0 saturated heterocycles. The van der Waals surface area contributed by atoms with Crippen LogP contribution in [-0.2, 0) is 13.2 Å². The molecule has 0 aliphatic heterocycles. The molecule has 1 N–H and O–H groups in total. The molecule has 4 aromatic rings. The van der Waals surface area contributed by atoms with Gasteiger partial charge in [-0.05, 0) is 47.5 Å². The molecule has 8 heteroatoms. The third kappa shape index (κ3) is 5.46. The maximum absolute atomic E-state index is 13.1. The zero-order valence-corrected chi connectivity index (χ0v) is 18.3. The number of hydrogen-bond acceptors (Lipinski definition) is 3. The maximum Gasteiger partial charge on any atom is 0.256 e. The van der Waals surface area contributed by atoms with E-state index in [0.29, 0.717) is 27.9 Å². The lowest BCUT2D eigenvalue weighted by molar-refractivity contribution is 0.102. The lowest BCUT2D eigenvalue weighted by atomic mass is 10.1. The molecule has 32 heavy (non-hydrogen) atoms. The summed E-state index contributed by atoms with van der Waals surface area (Å²) in [7, 11) is 0. The van der Waals surface area contributed by atoms with Crippen molar-refractivity contribution >= 4 is 34.9 Å². The first-order valence-electron chi connectivity index (χ1n) is 9.73. The van der Waals surface area contributed by atoms with Crippen molar-refractivity contribution in [3.8, 4) is 5.75 Å². The fourth-order valence-corrected chi connectivity index (χ4v) is 3.43. The Balaban J connectivity index is 1.41. The summed E-state index contributed by atoms with van der Waals surface area (Å²) >= 11 is 12.4. The Labute approximate surface area is 194 Å². The third-order valence-corrected chi connectivity index (χ3v) is 5.22. The highest BCUT2D eigenvalue weighted by Gasteiger charge is 2.13. The quantitative estimate of drug-likeness (QED) is 0.350. The Kier molecular flexibility index (Phi) is 6.73. The first-order valence-corrected chi connectivity index (χ1v) is 10.5. The van der Waals surface area contributed by atoms with Crippen LogP contribution >= 0.6 is 23.2 Å². The van der Waals surface area contributed by atoms with Crippen LogP contribution in [0, 0.1) is 5.82 Å². The highest BCUT2D eigenvalue weighted by molar-refractivity contribution is 6.33. The number of nitrogens with one attached hydrogen (secondary N) is 1. The number of amides is 1. The van der Waals surface area contributed by atoms with Crippen LogP contribution in [0.2, 0.25) is 10.0 Å². The molecule has 0 saturated carbocycles. The monoisotopic (exact) mass is 469 g/mol. The number of anilines is 1. The van der Waals surface area contributed by atoms with E-state index < -0.39 is 0 Å². The van der Waals surface area contributed by atoms with Gasteiger partial charge in [0.15, 0.2) is 5.82 Å². The van der Waals surface area contributed by atoms with Gasteiger partial charge in [0, 0.05) is 11.8 Å². The first kappa shape index (κ1) is 21.9. The average Bonchev–Trinajstić information content (AvgIpc) is 3.13. The van der Waals surface area contributed by atoms with Crippen LogP contribution in [0.15, 0.2) is 79.0 Å². The van der Waals surface area contributed by atoms with Crippen molar-refractivity contribution in [2.45, 2.75) is 13.2 Å². The molecular weight excluding hydrogens is 452 g/mol. The summed E-state index contributed by atoms with van der Waals surface area (Å²) in [6.07, 6.45) is 1.61. The minimum atomic E-state index is -0.349. The number of carbonyl (C=O) groups is 1. The normalized spacial score (nSPS) is 10.7. The average molecular weight is 470 g/mol. The molecule has 0 radical (unpaired) electrons. The molecule has 0 fully saturated rings. The molecule has 5 nitrogen and oxygen atoms in total. The number of benzene rings is 3. The standard InChI is InChI=1S/C24H18Cl2FN3O2/c25-20-6-1-2-7-22(20)32-15-17-4-3-5-18(12-17)24(31)28-23-21(26)14-30(29-23)13-16-8-10-19(27)11-9-16/h1-12,14H,13,15H2,(H,28,29,31). The molecule has 3 aromatic carbocycles. The van der Waals surface area contributed by atoms with E-state index in [1.807, 2.05) is 18.2 Å². The smallest absolute Gasteiger partial charge is 0.256 e. The van der Waals surface area contributed by atoms with Crippen LogP contribution in [0.5, 0.6) is 5.75 Å². The Hall–Kier alpha value is -3.35. The molecule has 1 aromatic heterocycles. The summed E-state index contributed by atoms with van der Waals surface area (Å²) in [5, 5.41) is 7.87. The molecule has 0 atom stereocenters. The van der Waals surface area contributed by atoms with Gasteiger partial charge < -0.3 is 10.1 Å². The van der Waals surface area contributed by atoms with Gasteiger partial charge in [0.25, 0.3) is 5.91 Å². The second-order valence-corrected chi connectivity index (χ2v) is 7.84. The van der Waals surface area contributed by atoms with Crippen molar-refractivity contribution in [3.05, 3.63) is 112 Å². The second kappa shape index (κ2) is 9.85. The summed E-state index contributed by atoms with van der Waals surface area (Å²) in [4.78, 5) is 12.7. The summed E-state index contributed by atoms with van der Waals surface area (Å²) in [5.74, 6) is 0.164. The molecule has 4 rings (SSSR count). The molecule has 0 aliphatic carbocycles. The van der Waals surface area contributed by atoms with E-state index in [9.17, 15) is 9.18 Å². The van der Waals surface area contributed by atoms with Gasteiger partial charge in [-0.15, -0.1) is 0 Å². The van der Waals surface area contributed by atoms with Crippen molar-refractivity contribution < 1.29 is 13.9 Å². The summed E-state index contributed by atoms with van der Waals surface area (Å²) in [6, 6.07) is 20.3. The SMILES string of the molecule is O=C(Nc1nn(Cc2ccc(F)cc2)cc1Cl)c1cccc(COc2ccccc2Cl)c1. The molecule has 0 aliphatic rings. The van der Waals surface area contributed by atoms with Crippen LogP contribution in [0.3, 0.4) is 0 Å². The van der Waals surface area contributed by atoms with Crippen molar-refractivity contribution in [2.75, 3.05) is 5.32 Å². The van der Waals surface area contributed by atoms with Crippen LogP contribution in [-0.4, -0.2) is 15.7 Å². The van der Waals surface area contributed by atoms with Crippen molar-refractivity contribution in [3.63, 3.8) is 0 Å². The van der Waals surface area contributed by atoms with Crippen LogP contribution < -0.4 is 10.1 Å². The molecular formula is C24H18Cl2FN3O2. The number of carbonyl (C=O) groups excluding carboxylic acids is 1. The van der Waals surface area contributed by atoms with Crippen LogP contribution in [0.4, 0.5) is 10.2 Å². The predicted octanol–water partition coefficient (Wildman–Crippen LogP) is 6.21. The van der Waals surface area contributed by atoms with Gasteiger partial charge in [-0.2, -0.15) is 5.10 Å². The van der Waals surface area contributed by atoms with Crippen molar-refractivity contribution in [1.29, 1.82) is 0 Å². The van der Waals surface area contributed by atoms with E-state index in [0.717, 1.165) is 11.1 Å². The Morgan fingerprint density at radius 1 is 0.969 bits per heavy atom. The third-order valence-electron chi connectivity index (χ3n) is 4.63. The highest BCUT2D eigenvalue weighted by atomic mass is 35.5. The summed E-state index contributed by atoms with van der Waals surface area (Å²) in [6.45, 7) is 0.655. The summed E-state index contributed by atoms with van der Waals surface area (Å²) < 4.78 is 20.4. The topological polar surface area (TPSA) is 56.2 Å². The van der Waals surface area contributed by atoms with E-state index in [-0.39, 0.29) is 24.1 Å². The van der Waals surface area contributed by atoms with Gasteiger partial charge in [0.2, 0.25) is 0 Å². The van der Waals surface area contributed by atoms with Gasteiger partial charge in [-0.1, -0.05) is 59.6 Å². The number of ether oxygens (including phenoxy) is 1. The molecule has 0 unspecified atom stereocenters. The second-order valence-electron chi connectivity index (χ2n) is 7.02. The van der Waals surface area contributed by atoms with Gasteiger partial charge in [0.1, 0.15) is 23.2 Å². The van der Waals surface area contributed by atoms with E-state index in [1.54, 1.807) is 53.3 Å². The van der Waals surface area contributed by atoms with E-state index in [4.69, 9.17) is 27.9 Å². The Bertz CT molecular complexity index is 1240. The number of hydrogen-bond donors (Lipinski definition) is 1. The van der Waals surface area contributed by atoms with Crippen LogP contribution in [0.25, 0.3) is 0 Å². The molecule has 162 valence electrons. The number of aromatic nitrogens is 2. The van der Waals surface area contributed by atoms with E-state index >= 15 is 0 Å². The zero-order chi connectivity index (χ0) is 22.5. The predicted molar refractivity (Wildman–Crippen MR) is 123 cm³/mol. The lowest BCUT2D eigenvalue weighted by Crippen LogP contribution is -2.13. The number of nitrogens with zero attached hydrogens (tertiary/aromatic N) is 2. The van der Waals surface area contributed by atoms with Crippen molar-refractivity contribution in [1.82, 2.24) is 9.78 Å². The van der Waals surface area contributed by atoms with E-state index in [1.165, 1.54) is 12.1 Å². The molecule has 1 heterocycles. The van der Waals surface area contributed by atoms with Crippen LogP contribution in [0.1, 0.15) is 21.5 Å².